The van der Waals surface area contributed by atoms with Crippen molar-refractivity contribution >= 4 is 23.5 Å². The van der Waals surface area contributed by atoms with Gasteiger partial charge in [-0.3, -0.25) is 4.79 Å². The van der Waals surface area contributed by atoms with Gasteiger partial charge in [-0.05, 0) is 58.5 Å². The van der Waals surface area contributed by atoms with Gasteiger partial charge in [0.1, 0.15) is 11.6 Å². The first-order chi connectivity index (χ1) is 15.5. The summed E-state index contributed by atoms with van der Waals surface area (Å²) in [4.78, 5) is 27.0. The zero-order chi connectivity index (χ0) is 22.7. The zero-order valence-corrected chi connectivity index (χ0v) is 18.0. The smallest absolute Gasteiger partial charge is 0.349 e. The topological polar surface area (TPSA) is 70.4 Å². The monoisotopic (exact) mass is 422 g/mol. The molecule has 0 aliphatic heterocycles. The summed E-state index contributed by atoms with van der Waals surface area (Å²) in [5.74, 6) is -1.12. The number of hydrogen-bond donors (Lipinski definition) is 0. The molecule has 1 aliphatic carbocycles. The fourth-order valence-corrected chi connectivity index (χ4v) is 3.76. The molecule has 5 heteroatoms. The van der Waals surface area contributed by atoms with Crippen LogP contribution >= 0.6 is 0 Å². The van der Waals surface area contributed by atoms with E-state index in [9.17, 15) is 14.9 Å². The highest BCUT2D eigenvalue weighted by Gasteiger charge is 2.20. The van der Waals surface area contributed by atoms with E-state index in [-0.39, 0.29) is 11.4 Å². The van der Waals surface area contributed by atoms with Crippen molar-refractivity contribution in [2.24, 2.45) is 0 Å². The van der Waals surface area contributed by atoms with Gasteiger partial charge in [0.2, 0.25) is 0 Å². The maximum Gasteiger partial charge on any atom is 0.349 e. The molecular formula is C27H22N2O3. The van der Waals surface area contributed by atoms with E-state index in [0.29, 0.717) is 11.1 Å². The van der Waals surface area contributed by atoms with Gasteiger partial charge in [-0.1, -0.05) is 48.5 Å². The Labute approximate surface area is 187 Å². The Bertz CT molecular complexity index is 1260. The number of benzene rings is 3. The molecule has 0 heterocycles. The number of carbonyl (C=O) groups is 2. The molecule has 3 aromatic rings. The Morgan fingerprint density at radius 1 is 1.00 bits per heavy atom. The van der Waals surface area contributed by atoms with Crippen LogP contribution in [0.3, 0.4) is 0 Å². The Kier molecular flexibility index (Phi) is 5.87. The molecule has 4 rings (SSSR count). The summed E-state index contributed by atoms with van der Waals surface area (Å²) in [6, 6.07) is 22.9. The molecule has 0 aromatic heterocycles. The number of carbonyl (C=O) groups excluding carboxylic acids is 2. The summed E-state index contributed by atoms with van der Waals surface area (Å²) in [6.07, 6.45) is 2.30. The third-order valence-electron chi connectivity index (χ3n) is 5.52. The standard InChI is InChI=1S/C27H22N2O3/c1-29(2)23-11-7-18(8-12-23)13-22(16-28)27(31)32-17-26(30)21-10-9-20-14-19-5-3-4-6-24(19)25(20)15-21/h3-13,15H,14,17H2,1-2H3. The fraction of sp³-hybridized carbons (Fsp3) is 0.148. The minimum Gasteiger partial charge on any atom is -0.453 e. The first-order valence-electron chi connectivity index (χ1n) is 10.3. The van der Waals surface area contributed by atoms with Crippen LogP contribution in [0.15, 0.2) is 72.3 Å². The van der Waals surface area contributed by atoms with E-state index in [1.165, 1.54) is 17.2 Å². The average Bonchev–Trinajstić information content (AvgIpc) is 3.19. The normalized spacial score (nSPS) is 11.8. The average molecular weight is 422 g/mol. The lowest BCUT2D eigenvalue weighted by molar-refractivity contribution is -0.137. The summed E-state index contributed by atoms with van der Waals surface area (Å²) in [5, 5.41) is 9.37. The number of esters is 1. The number of fused-ring (bicyclic) bond motifs is 3. The van der Waals surface area contributed by atoms with Crippen molar-refractivity contribution < 1.29 is 14.3 Å². The van der Waals surface area contributed by atoms with E-state index in [1.807, 2.05) is 79.7 Å². The molecule has 5 nitrogen and oxygen atoms in total. The second-order valence-electron chi connectivity index (χ2n) is 7.86. The van der Waals surface area contributed by atoms with Crippen LogP contribution < -0.4 is 4.90 Å². The van der Waals surface area contributed by atoms with Crippen LogP contribution in [0.1, 0.15) is 27.0 Å². The van der Waals surface area contributed by atoms with E-state index in [4.69, 9.17) is 4.74 Å². The molecule has 0 N–H and O–H groups in total. The van der Waals surface area contributed by atoms with Crippen LogP contribution in [0.2, 0.25) is 0 Å². The maximum absolute atomic E-state index is 12.6. The molecule has 0 amide bonds. The van der Waals surface area contributed by atoms with Crippen LogP contribution in [0, 0.1) is 11.3 Å². The molecule has 0 unspecified atom stereocenters. The second kappa shape index (κ2) is 8.91. The number of ether oxygens (including phenoxy) is 1. The Hall–Kier alpha value is -4.17. The number of ketones is 1. The van der Waals surface area contributed by atoms with Gasteiger partial charge in [0, 0.05) is 25.3 Å². The minimum absolute atomic E-state index is 0.154. The second-order valence-corrected chi connectivity index (χ2v) is 7.86. The van der Waals surface area contributed by atoms with Gasteiger partial charge in [0.15, 0.2) is 12.4 Å². The van der Waals surface area contributed by atoms with Gasteiger partial charge < -0.3 is 9.64 Å². The first-order valence-corrected chi connectivity index (χ1v) is 10.3. The van der Waals surface area contributed by atoms with E-state index >= 15 is 0 Å². The van der Waals surface area contributed by atoms with E-state index in [0.717, 1.165) is 23.2 Å². The van der Waals surface area contributed by atoms with Crippen molar-refractivity contribution in [3.05, 3.63) is 94.6 Å². The quantitative estimate of drug-likeness (QED) is 0.196. The third kappa shape index (κ3) is 4.30. The lowest BCUT2D eigenvalue weighted by Crippen LogP contribution is -2.15. The molecule has 0 saturated heterocycles. The van der Waals surface area contributed by atoms with Crippen LogP contribution in [0.25, 0.3) is 17.2 Å². The van der Waals surface area contributed by atoms with Crippen LogP contribution in [-0.2, 0) is 16.0 Å². The van der Waals surface area contributed by atoms with Crippen molar-refractivity contribution in [2.45, 2.75) is 6.42 Å². The molecule has 0 radical (unpaired) electrons. The molecule has 3 aromatic carbocycles. The first kappa shape index (κ1) is 21.1. The van der Waals surface area contributed by atoms with Gasteiger partial charge in [0.25, 0.3) is 0 Å². The van der Waals surface area contributed by atoms with Crippen LogP contribution in [0.5, 0.6) is 0 Å². The number of hydrogen-bond acceptors (Lipinski definition) is 5. The molecular weight excluding hydrogens is 400 g/mol. The predicted octanol–water partition coefficient (Wildman–Crippen LogP) is 4.66. The number of anilines is 1. The molecule has 1 aliphatic rings. The summed E-state index contributed by atoms with van der Waals surface area (Å²) >= 11 is 0. The predicted molar refractivity (Wildman–Crippen MR) is 124 cm³/mol. The van der Waals surface area contributed by atoms with Crippen molar-refractivity contribution in [2.75, 3.05) is 25.6 Å². The highest BCUT2D eigenvalue weighted by molar-refractivity contribution is 6.02. The summed E-state index contributed by atoms with van der Waals surface area (Å²) < 4.78 is 5.15. The number of nitriles is 1. The summed E-state index contributed by atoms with van der Waals surface area (Å²) in [5.41, 5.74) is 6.61. The third-order valence-corrected chi connectivity index (χ3v) is 5.52. The van der Waals surface area contributed by atoms with Crippen LogP contribution in [-0.4, -0.2) is 32.5 Å². The Morgan fingerprint density at radius 3 is 2.44 bits per heavy atom. The number of rotatable bonds is 6. The SMILES string of the molecule is CN(C)c1ccc(C=C(C#N)C(=O)OCC(=O)c2ccc3c(c2)-c2ccccc2C3)cc1. The highest BCUT2D eigenvalue weighted by atomic mass is 16.5. The summed E-state index contributed by atoms with van der Waals surface area (Å²) in [6.45, 7) is -0.419. The van der Waals surface area contributed by atoms with Gasteiger partial charge >= 0.3 is 5.97 Å². The van der Waals surface area contributed by atoms with Gasteiger partial charge in [-0.2, -0.15) is 5.26 Å². The number of Topliss-reactive ketones (excluding diaryl/α,β-unsaturated/α-hetero) is 1. The van der Waals surface area contributed by atoms with Crippen LogP contribution in [0.4, 0.5) is 5.69 Å². The van der Waals surface area contributed by atoms with Gasteiger partial charge in [0.05, 0.1) is 0 Å². The minimum atomic E-state index is -0.816. The Morgan fingerprint density at radius 2 is 1.72 bits per heavy atom. The van der Waals surface area contributed by atoms with E-state index < -0.39 is 12.6 Å². The number of nitrogens with zero attached hydrogens (tertiary/aromatic N) is 2. The van der Waals surface area contributed by atoms with Gasteiger partial charge in [-0.15, -0.1) is 0 Å². The highest BCUT2D eigenvalue weighted by Crippen LogP contribution is 2.36. The molecule has 32 heavy (non-hydrogen) atoms. The molecule has 0 fully saturated rings. The van der Waals surface area contributed by atoms with Crippen molar-refractivity contribution in [1.82, 2.24) is 0 Å². The van der Waals surface area contributed by atoms with Crippen molar-refractivity contribution in [3.8, 4) is 17.2 Å². The maximum atomic E-state index is 12.6. The Balaban J connectivity index is 1.44. The lowest BCUT2D eigenvalue weighted by atomic mass is 10.0. The molecule has 0 atom stereocenters. The fourth-order valence-electron chi connectivity index (χ4n) is 3.76. The van der Waals surface area contributed by atoms with Crippen molar-refractivity contribution in [1.29, 1.82) is 5.26 Å². The summed E-state index contributed by atoms with van der Waals surface area (Å²) in [7, 11) is 3.86. The molecule has 0 spiro atoms. The molecule has 0 saturated carbocycles. The molecule has 0 bridgehead atoms. The largest absolute Gasteiger partial charge is 0.453 e. The molecule has 158 valence electrons. The van der Waals surface area contributed by atoms with Gasteiger partial charge in [-0.25, -0.2) is 4.79 Å². The zero-order valence-electron chi connectivity index (χ0n) is 18.0. The van der Waals surface area contributed by atoms with E-state index in [2.05, 4.69) is 6.07 Å². The van der Waals surface area contributed by atoms with Crippen molar-refractivity contribution in [3.63, 3.8) is 0 Å². The van der Waals surface area contributed by atoms with E-state index in [1.54, 1.807) is 6.07 Å². The lowest BCUT2D eigenvalue weighted by Gasteiger charge is -2.11.